The predicted molar refractivity (Wildman–Crippen MR) is 94.6 cm³/mol. The summed E-state index contributed by atoms with van der Waals surface area (Å²) in [4.78, 5) is 32.2. The largest absolute Gasteiger partial charge is 0.452 e. The number of rotatable bonds is 4. The molecule has 1 N–H and O–H groups in total. The highest BCUT2D eigenvalue weighted by Gasteiger charge is 2.12. The van der Waals surface area contributed by atoms with Crippen molar-refractivity contribution in [3.63, 3.8) is 0 Å². The maximum absolute atomic E-state index is 12.1. The SMILES string of the molecule is Cc1cc(NC(=O)COC(=O)c2ccnc(Cl)c2)c2ccccc2n1. The van der Waals surface area contributed by atoms with E-state index in [-0.39, 0.29) is 10.7 Å². The number of pyridine rings is 2. The average molecular weight is 356 g/mol. The number of anilines is 1. The minimum absolute atomic E-state index is 0.178. The Hall–Kier alpha value is -2.99. The van der Waals surface area contributed by atoms with E-state index in [0.717, 1.165) is 16.6 Å². The summed E-state index contributed by atoms with van der Waals surface area (Å²) < 4.78 is 5.01. The fraction of sp³-hybridized carbons (Fsp3) is 0.111. The van der Waals surface area contributed by atoms with E-state index in [4.69, 9.17) is 16.3 Å². The molecule has 0 aliphatic carbocycles. The molecule has 0 saturated carbocycles. The summed E-state index contributed by atoms with van der Waals surface area (Å²) in [5, 5.41) is 3.74. The third-order valence-corrected chi connectivity index (χ3v) is 3.62. The van der Waals surface area contributed by atoms with Crippen LogP contribution < -0.4 is 5.32 Å². The van der Waals surface area contributed by atoms with Crippen molar-refractivity contribution < 1.29 is 14.3 Å². The van der Waals surface area contributed by atoms with Crippen LogP contribution >= 0.6 is 11.6 Å². The number of aromatic nitrogens is 2. The highest BCUT2D eigenvalue weighted by molar-refractivity contribution is 6.29. The molecule has 126 valence electrons. The standard InChI is InChI=1S/C18H14ClN3O3/c1-11-8-15(13-4-2-3-5-14(13)21-11)22-17(23)10-25-18(24)12-6-7-20-16(19)9-12/h2-9H,10H2,1H3,(H,21,22,23). The van der Waals surface area contributed by atoms with Gasteiger partial charge in [0, 0.05) is 17.3 Å². The Balaban J connectivity index is 1.68. The second kappa shape index (κ2) is 7.27. The van der Waals surface area contributed by atoms with Crippen molar-refractivity contribution in [2.24, 2.45) is 0 Å². The fourth-order valence-corrected chi connectivity index (χ4v) is 2.52. The number of amides is 1. The molecule has 1 amide bonds. The number of nitrogens with one attached hydrogen (secondary N) is 1. The van der Waals surface area contributed by atoms with Gasteiger partial charge in [-0.05, 0) is 31.2 Å². The lowest BCUT2D eigenvalue weighted by molar-refractivity contribution is -0.119. The lowest BCUT2D eigenvalue weighted by atomic mass is 10.1. The molecule has 0 aliphatic rings. The third-order valence-electron chi connectivity index (χ3n) is 3.41. The Labute approximate surface area is 148 Å². The number of carbonyl (C=O) groups excluding carboxylic acids is 2. The molecule has 0 radical (unpaired) electrons. The van der Waals surface area contributed by atoms with Crippen LogP contribution in [0.5, 0.6) is 0 Å². The van der Waals surface area contributed by atoms with Crippen LogP contribution in [0.25, 0.3) is 10.9 Å². The maximum atomic E-state index is 12.1. The Bertz CT molecular complexity index is 959. The minimum Gasteiger partial charge on any atom is -0.452 e. The van der Waals surface area contributed by atoms with Gasteiger partial charge in [0.05, 0.1) is 16.8 Å². The van der Waals surface area contributed by atoms with Crippen LogP contribution in [-0.2, 0) is 9.53 Å². The van der Waals surface area contributed by atoms with E-state index in [1.54, 1.807) is 6.07 Å². The molecule has 3 rings (SSSR count). The lowest BCUT2D eigenvalue weighted by Crippen LogP contribution is -2.21. The monoisotopic (exact) mass is 355 g/mol. The second-order valence-corrected chi connectivity index (χ2v) is 5.71. The molecule has 1 aromatic carbocycles. The zero-order valence-corrected chi connectivity index (χ0v) is 14.1. The number of aryl methyl sites for hydroxylation is 1. The van der Waals surface area contributed by atoms with E-state index in [0.29, 0.717) is 5.69 Å². The highest BCUT2D eigenvalue weighted by Crippen LogP contribution is 2.22. The molecule has 0 fully saturated rings. The first-order chi connectivity index (χ1) is 12.0. The van der Waals surface area contributed by atoms with Gasteiger partial charge in [-0.3, -0.25) is 9.78 Å². The number of benzene rings is 1. The van der Waals surface area contributed by atoms with Crippen LogP contribution in [-0.4, -0.2) is 28.5 Å². The quantitative estimate of drug-likeness (QED) is 0.573. The van der Waals surface area contributed by atoms with E-state index < -0.39 is 18.5 Å². The number of carbonyl (C=O) groups is 2. The molecule has 7 heteroatoms. The van der Waals surface area contributed by atoms with Gasteiger partial charge in [0.25, 0.3) is 5.91 Å². The van der Waals surface area contributed by atoms with Crippen LogP contribution in [0.1, 0.15) is 16.1 Å². The van der Waals surface area contributed by atoms with Gasteiger partial charge in [-0.25, -0.2) is 9.78 Å². The molecule has 2 heterocycles. The van der Waals surface area contributed by atoms with Gasteiger partial charge in [0.2, 0.25) is 0 Å². The zero-order chi connectivity index (χ0) is 17.8. The third kappa shape index (κ3) is 4.10. The molecule has 0 bridgehead atoms. The first kappa shape index (κ1) is 16.9. The molecular weight excluding hydrogens is 342 g/mol. The van der Waals surface area contributed by atoms with Crippen LogP contribution in [0.2, 0.25) is 5.15 Å². The maximum Gasteiger partial charge on any atom is 0.338 e. The van der Waals surface area contributed by atoms with E-state index in [1.807, 2.05) is 31.2 Å². The number of fused-ring (bicyclic) bond motifs is 1. The molecular formula is C18H14ClN3O3. The zero-order valence-electron chi connectivity index (χ0n) is 13.3. The van der Waals surface area contributed by atoms with Crippen molar-refractivity contribution in [2.75, 3.05) is 11.9 Å². The molecule has 0 saturated heterocycles. The number of nitrogens with zero attached hydrogens (tertiary/aromatic N) is 2. The van der Waals surface area contributed by atoms with Crippen molar-refractivity contribution in [2.45, 2.75) is 6.92 Å². The topological polar surface area (TPSA) is 81.2 Å². The van der Waals surface area contributed by atoms with Crippen molar-refractivity contribution in [3.05, 3.63) is 65.1 Å². The van der Waals surface area contributed by atoms with Crippen LogP contribution in [0, 0.1) is 6.92 Å². The second-order valence-electron chi connectivity index (χ2n) is 5.32. The molecule has 0 aliphatic heterocycles. The van der Waals surface area contributed by atoms with Crippen molar-refractivity contribution in [1.29, 1.82) is 0 Å². The lowest BCUT2D eigenvalue weighted by Gasteiger charge is -2.10. The van der Waals surface area contributed by atoms with Crippen molar-refractivity contribution in [1.82, 2.24) is 9.97 Å². The molecule has 2 aromatic heterocycles. The van der Waals surface area contributed by atoms with Gasteiger partial charge in [-0.1, -0.05) is 29.8 Å². The first-order valence-electron chi connectivity index (χ1n) is 7.48. The van der Waals surface area contributed by atoms with E-state index in [2.05, 4.69) is 15.3 Å². The normalized spacial score (nSPS) is 10.5. The van der Waals surface area contributed by atoms with Gasteiger partial charge in [-0.15, -0.1) is 0 Å². The van der Waals surface area contributed by atoms with E-state index >= 15 is 0 Å². The number of esters is 1. The molecule has 0 atom stereocenters. The van der Waals surface area contributed by atoms with E-state index in [9.17, 15) is 9.59 Å². The summed E-state index contributed by atoms with van der Waals surface area (Å²) in [5.74, 6) is -1.08. The number of halogens is 1. The summed E-state index contributed by atoms with van der Waals surface area (Å²) in [5.41, 5.74) is 2.41. The number of ether oxygens (including phenoxy) is 1. The molecule has 3 aromatic rings. The first-order valence-corrected chi connectivity index (χ1v) is 7.85. The molecule has 6 nitrogen and oxygen atoms in total. The highest BCUT2D eigenvalue weighted by atomic mass is 35.5. The Morgan fingerprint density at radius 2 is 2.00 bits per heavy atom. The summed E-state index contributed by atoms with van der Waals surface area (Å²) in [6, 6.07) is 12.1. The van der Waals surface area contributed by atoms with Gasteiger partial charge in [-0.2, -0.15) is 0 Å². The summed E-state index contributed by atoms with van der Waals surface area (Å²) >= 11 is 5.73. The number of para-hydroxylation sites is 1. The number of hydrogen-bond acceptors (Lipinski definition) is 5. The minimum atomic E-state index is -0.643. The van der Waals surface area contributed by atoms with Gasteiger partial charge in [0.15, 0.2) is 6.61 Å². The van der Waals surface area contributed by atoms with E-state index in [1.165, 1.54) is 18.3 Å². The summed E-state index contributed by atoms with van der Waals surface area (Å²) in [7, 11) is 0. The summed E-state index contributed by atoms with van der Waals surface area (Å²) in [6.45, 7) is 1.43. The number of hydrogen-bond donors (Lipinski definition) is 1. The van der Waals surface area contributed by atoms with Crippen molar-refractivity contribution >= 4 is 40.1 Å². The van der Waals surface area contributed by atoms with Crippen LogP contribution in [0.3, 0.4) is 0 Å². The molecule has 0 spiro atoms. The fourth-order valence-electron chi connectivity index (χ4n) is 2.34. The molecule has 25 heavy (non-hydrogen) atoms. The predicted octanol–water partition coefficient (Wildman–Crippen LogP) is 3.39. The Kier molecular flexibility index (Phi) is 4.90. The van der Waals surface area contributed by atoms with Crippen LogP contribution in [0.4, 0.5) is 5.69 Å². The Morgan fingerprint density at radius 1 is 1.20 bits per heavy atom. The van der Waals surface area contributed by atoms with Gasteiger partial charge < -0.3 is 10.1 Å². The van der Waals surface area contributed by atoms with Crippen molar-refractivity contribution in [3.8, 4) is 0 Å². The van der Waals surface area contributed by atoms with Gasteiger partial charge in [0.1, 0.15) is 5.15 Å². The smallest absolute Gasteiger partial charge is 0.338 e. The Morgan fingerprint density at radius 3 is 2.80 bits per heavy atom. The molecule has 0 unspecified atom stereocenters. The van der Waals surface area contributed by atoms with Gasteiger partial charge >= 0.3 is 5.97 Å². The average Bonchev–Trinajstić information content (AvgIpc) is 2.59. The summed E-state index contributed by atoms with van der Waals surface area (Å²) in [6.07, 6.45) is 1.39. The van der Waals surface area contributed by atoms with Crippen LogP contribution in [0.15, 0.2) is 48.7 Å².